The van der Waals surface area contributed by atoms with Gasteiger partial charge in [0.15, 0.2) is 0 Å². The van der Waals surface area contributed by atoms with Crippen LogP contribution in [0.25, 0.3) is 0 Å². The molecule has 0 spiro atoms. The van der Waals surface area contributed by atoms with E-state index in [1.807, 2.05) is 19.2 Å². The summed E-state index contributed by atoms with van der Waals surface area (Å²) in [5, 5.41) is 23.8. The van der Waals surface area contributed by atoms with Crippen molar-refractivity contribution in [3.8, 4) is 0 Å². The number of aryl methyl sites for hydroxylation is 1. The molecule has 3 rings (SSSR count). The van der Waals surface area contributed by atoms with Crippen LogP contribution in [0.3, 0.4) is 0 Å². The molecule has 3 heterocycles. The van der Waals surface area contributed by atoms with E-state index in [1.54, 1.807) is 4.68 Å². The number of hydrogen-bond acceptors (Lipinski definition) is 5. The van der Waals surface area contributed by atoms with Crippen LogP contribution < -0.4 is 0 Å². The molecular weight excluding hydrogens is 212 g/mol. The van der Waals surface area contributed by atoms with Crippen molar-refractivity contribution in [2.24, 2.45) is 0 Å². The molecule has 2 aliphatic heterocycles. The average molecular weight is 226 g/mol. The lowest BCUT2D eigenvalue weighted by atomic mass is 9.99. The fraction of sp³-hybridized carbons (Fsp3) is 0.700. The van der Waals surface area contributed by atoms with Gasteiger partial charge in [0.1, 0.15) is 6.10 Å². The van der Waals surface area contributed by atoms with Crippen molar-refractivity contribution in [2.75, 3.05) is 6.61 Å². The van der Waals surface area contributed by atoms with Crippen LogP contribution in [0, 0.1) is 6.92 Å². The predicted molar refractivity (Wildman–Crippen MR) is 52.4 cm³/mol. The normalized spacial score (nSPS) is 36.6. The van der Waals surface area contributed by atoms with Gasteiger partial charge in [0.05, 0.1) is 18.3 Å². The summed E-state index contributed by atoms with van der Waals surface area (Å²) in [6, 6.07) is 1.68. The van der Waals surface area contributed by atoms with Crippen molar-refractivity contribution >= 4 is 0 Å². The molecule has 6 nitrogen and oxygen atoms in total. The maximum absolute atomic E-state index is 9.76. The lowest BCUT2D eigenvalue weighted by Crippen LogP contribution is -2.50. The van der Waals surface area contributed by atoms with Crippen molar-refractivity contribution in [3.63, 3.8) is 0 Å². The molecule has 2 bridgehead atoms. The number of aromatic nitrogens is 2. The topological polar surface area (TPSA) is 76.7 Å². The highest BCUT2D eigenvalue weighted by Crippen LogP contribution is 2.39. The third kappa shape index (κ3) is 1.46. The first kappa shape index (κ1) is 10.2. The first-order valence-electron chi connectivity index (χ1n) is 5.30. The van der Waals surface area contributed by atoms with E-state index < -0.39 is 12.1 Å². The lowest BCUT2D eigenvalue weighted by molar-refractivity contribution is -0.315. The first-order chi connectivity index (χ1) is 7.56. The van der Waals surface area contributed by atoms with E-state index in [1.165, 1.54) is 0 Å². The molecule has 0 aliphatic carbocycles. The summed E-state index contributed by atoms with van der Waals surface area (Å²) in [5.41, 5.74) is 0.891. The quantitative estimate of drug-likeness (QED) is 0.635. The van der Waals surface area contributed by atoms with Crippen LogP contribution in [-0.4, -0.2) is 44.8 Å². The smallest absolute Gasteiger partial charge is 0.217 e. The second kappa shape index (κ2) is 3.27. The van der Waals surface area contributed by atoms with Gasteiger partial charge in [-0.15, -0.1) is 0 Å². The Bertz CT molecular complexity index is 403. The van der Waals surface area contributed by atoms with Crippen molar-refractivity contribution in [1.82, 2.24) is 9.78 Å². The number of fused-ring (bicyclic) bond motifs is 2. The molecule has 2 aliphatic rings. The second-order valence-electron chi connectivity index (χ2n) is 4.43. The zero-order chi connectivity index (χ0) is 11.3. The van der Waals surface area contributed by atoms with Crippen LogP contribution in [0.15, 0.2) is 12.3 Å². The van der Waals surface area contributed by atoms with Gasteiger partial charge in [0.2, 0.25) is 12.1 Å². The molecule has 0 radical (unpaired) electrons. The van der Waals surface area contributed by atoms with Crippen LogP contribution in [0.2, 0.25) is 0 Å². The first-order valence-corrected chi connectivity index (χ1v) is 5.30. The van der Waals surface area contributed by atoms with Gasteiger partial charge in [-0.3, -0.25) is 4.68 Å². The fourth-order valence-corrected chi connectivity index (χ4v) is 2.28. The van der Waals surface area contributed by atoms with Gasteiger partial charge in [-0.1, -0.05) is 0 Å². The third-order valence-corrected chi connectivity index (χ3v) is 3.11. The largest absolute Gasteiger partial charge is 0.362 e. The van der Waals surface area contributed by atoms with Crippen LogP contribution in [0.1, 0.15) is 18.2 Å². The maximum atomic E-state index is 9.76. The summed E-state index contributed by atoms with van der Waals surface area (Å²) in [5.74, 6) is -1.93. The molecule has 16 heavy (non-hydrogen) atoms. The van der Waals surface area contributed by atoms with Gasteiger partial charge in [-0.05, 0) is 13.0 Å². The van der Waals surface area contributed by atoms with Crippen molar-refractivity contribution in [3.05, 3.63) is 18.0 Å². The highest BCUT2D eigenvalue weighted by molar-refractivity contribution is 5.00. The van der Waals surface area contributed by atoms with E-state index in [-0.39, 0.29) is 18.6 Å². The number of aliphatic hydroxyl groups is 2. The number of nitrogens with zero attached hydrogens (tertiary/aromatic N) is 2. The van der Waals surface area contributed by atoms with Gasteiger partial charge >= 0.3 is 0 Å². The molecular formula is C10H14N2O4. The summed E-state index contributed by atoms with van der Waals surface area (Å²) in [6.45, 7) is 2.26. The summed E-state index contributed by atoms with van der Waals surface area (Å²) in [7, 11) is 0. The molecule has 88 valence electrons. The van der Waals surface area contributed by atoms with Crippen LogP contribution >= 0.6 is 0 Å². The van der Waals surface area contributed by atoms with E-state index >= 15 is 0 Å². The predicted octanol–water partition coefficient (Wildman–Crippen LogP) is -0.441. The minimum Gasteiger partial charge on any atom is -0.362 e. The van der Waals surface area contributed by atoms with E-state index in [2.05, 4.69) is 5.10 Å². The highest BCUT2D eigenvalue weighted by Gasteiger charge is 2.52. The van der Waals surface area contributed by atoms with Crippen LogP contribution in [0.5, 0.6) is 0 Å². The molecule has 0 amide bonds. The van der Waals surface area contributed by atoms with E-state index in [4.69, 9.17) is 9.47 Å². The average Bonchev–Trinajstić information content (AvgIpc) is 2.80. The van der Waals surface area contributed by atoms with E-state index in [9.17, 15) is 10.2 Å². The van der Waals surface area contributed by atoms with E-state index in [0.717, 1.165) is 5.69 Å². The standard InChI is InChI=1S/C10H14N2O4/c1-6-2-3-12(11-6)7-4-10(13,14)9-15-5-8(7)16-9/h2-3,7-9,13-14H,4-5H2,1H3/t7-,8+,9+/m0/s1. The Morgan fingerprint density at radius 2 is 2.38 bits per heavy atom. The second-order valence-corrected chi connectivity index (χ2v) is 4.43. The number of ether oxygens (including phenoxy) is 2. The summed E-state index contributed by atoms with van der Waals surface area (Å²) < 4.78 is 12.3. The van der Waals surface area contributed by atoms with Gasteiger partial charge in [-0.2, -0.15) is 5.10 Å². The number of rotatable bonds is 1. The van der Waals surface area contributed by atoms with Gasteiger partial charge < -0.3 is 19.7 Å². The molecule has 1 aromatic rings. The van der Waals surface area contributed by atoms with Crippen LogP contribution in [0.4, 0.5) is 0 Å². The fourth-order valence-electron chi connectivity index (χ4n) is 2.28. The molecule has 3 atom stereocenters. The Labute approximate surface area is 92.4 Å². The SMILES string of the molecule is Cc1ccn([C@H]2CC(O)(O)[C@@H]3OC[C@H]2O3)n1. The maximum Gasteiger partial charge on any atom is 0.217 e. The van der Waals surface area contributed by atoms with Gasteiger partial charge in [-0.25, -0.2) is 0 Å². The molecule has 2 N–H and O–H groups in total. The molecule has 6 heteroatoms. The van der Waals surface area contributed by atoms with Crippen molar-refractivity contribution in [2.45, 2.75) is 37.6 Å². The van der Waals surface area contributed by atoms with Crippen molar-refractivity contribution < 1.29 is 19.7 Å². The molecule has 1 aromatic heterocycles. The Hall–Kier alpha value is -0.950. The monoisotopic (exact) mass is 226 g/mol. The third-order valence-electron chi connectivity index (χ3n) is 3.11. The summed E-state index contributed by atoms with van der Waals surface area (Å²) >= 11 is 0. The molecule has 0 saturated carbocycles. The lowest BCUT2D eigenvalue weighted by Gasteiger charge is -2.36. The molecule has 0 aromatic carbocycles. The highest BCUT2D eigenvalue weighted by atomic mass is 16.8. The van der Waals surface area contributed by atoms with Crippen molar-refractivity contribution in [1.29, 1.82) is 0 Å². The Morgan fingerprint density at radius 1 is 1.56 bits per heavy atom. The molecule has 2 saturated heterocycles. The van der Waals surface area contributed by atoms with Crippen LogP contribution in [-0.2, 0) is 9.47 Å². The van der Waals surface area contributed by atoms with Gasteiger partial charge in [0, 0.05) is 12.6 Å². The van der Waals surface area contributed by atoms with Gasteiger partial charge in [0.25, 0.3) is 0 Å². The summed E-state index contributed by atoms with van der Waals surface area (Å²) in [4.78, 5) is 0. The zero-order valence-electron chi connectivity index (χ0n) is 8.91. The molecule has 0 unspecified atom stereocenters. The minimum absolute atomic E-state index is 0.156. The zero-order valence-corrected chi connectivity index (χ0v) is 8.91. The Balaban J connectivity index is 1.91. The molecule has 2 fully saturated rings. The minimum atomic E-state index is -1.93. The Morgan fingerprint density at radius 3 is 3.06 bits per heavy atom. The summed E-state index contributed by atoms with van der Waals surface area (Å²) in [6.07, 6.45) is 0.906. The number of hydrogen-bond donors (Lipinski definition) is 2. The Kier molecular flexibility index (Phi) is 2.09. The van der Waals surface area contributed by atoms with E-state index in [0.29, 0.717) is 6.61 Å².